The summed E-state index contributed by atoms with van der Waals surface area (Å²) in [6.45, 7) is 1.36. The predicted octanol–water partition coefficient (Wildman–Crippen LogP) is 2.57. The summed E-state index contributed by atoms with van der Waals surface area (Å²) >= 11 is 1.37. The number of sulfonamides is 1. The zero-order valence-corrected chi connectivity index (χ0v) is 15.9. The Hall–Kier alpha value is -2.33. The second-order valence-electron chi connectivity index (χ2n) is 5.99. The van der Waals surface area contributed by atoms with E-state index in [2.05, 4.69) is 10.3 Å². The summed E-state index contributed by atoms with van der Waals surface area (Å²) < 4.78 is 33.1. The number of nitrogens with zero attached hydrogens (tertiary/aromatic N) is 2. The Kier molecular flexibility index (Phi) is 4.92. The number of rotatable bonds is 4. The third-order valence-corrected chi connectivity index (χ3v) is 7.06. The van der Waals surface area contributed by atoms with Crippen molar-refractivity contribution in [2.75, 3.05) is 31.6 Å². The van der Waals surface area contributed by atoms with Crippen molar-refractivity contribution in [1.29, 1.82) is 0 Å². The highest BCUT2D eigenvalue weighted by molar-refractivity contribution is 7.89. The molecule has 1 saturated heterocycles. The third kappa shape index (κ3) is 3.72. The molecule has 7 nitrogen and oxygen atoms in total. The van der Waals surface area contributed by atoms with Crippen LogP contribution < -0.4 is 5.32 Å². The lowest BCUT2D eigenvalue weighted by Gasteiger charge is -2.26. The van der Waals surface area contributed by atoms with Crippen LogP contribution >= 0.6 is 11.3 Å². The molecule has 0 saturated carbocycles. The van der Waals surface area contributed by atoms with Gasteiger partial charge in [-0.25, -0.2) is 13.4 Å². The van der Waals surface area contributed by atoms with Crippen LogP contribution in [0.4, 0.5) is 5.13 Å². The third-order valence-electron chi connectivity index (χ3n) is 4.22. The van der Waals surface area contributed by atoms with Crippen LogP contribution in [0.15, 0.2) is 53.4 Å². The number of aromatic nitrogens is 1. The number of benzene rings is 2. The SMILES string of the molecule is O=C(Nc1nc2ccccc2s1)c1cccc(S(=O)(=O)N2CCOCC2)c1. The lowest BCUT2D eigenvalue weighted by molar-refractivity contribution is 0.0730. The van der Waals surface area contributed by atoms with E-state index in [1.165, 1.54) is 27.8 Å². The zero-order valence-electron chi connectivity index (χ0n) is 14.3. The van der Waals surface area contributed by atoms with Gasteiger partial charge in [0.25, 0.3) is 5.91 Å². The van der Waals surface area contributed by atoms with E-state index in [4.69, 9.17) is 4.74 Å². The number of thiazole rings is 1. The van der Waals surface area contributed by atoms with Crippen LogP contribution in [-0.2, 0) is 14.8 Å². The van der Waals surface area contributed by atoms with Gasteiger partial charge >= 0.3 is 0 Å². The van der Waals surface area contributed by atoms with E-state index >= 15 is 0 Å². The summed E-state index contributed by atoms with van der Waals surface area (Å²) in [5.74, 6) is -0.395. The predicted molar refractivity (Wildman–Crippen MR) is 104 cm³/mol. The molecule has 0 bridgehead atoms. The summed E-state index contributed by atoms with van der Waals surface area (Å²) in [6, 6.07) is 13.6. The minimum atomic E-state index is -3.65. The second-order valence-corrected chi connectivity index (χ2v) is 8.95. The number of morpholine rings is 1. The standard InChI is InChI=1S/C18H17N3O4S2/c22-17(20-18-19-15-6-1-2-7-16(15)26-18)13-4-3-5-14(12-13)27(23,24)21-8-10-25-11-9-21/h1-7,12H,8-11H2,(H,19,20,22). The molecule has 1 aliphatic heterocycles. The molecule has 1 aliphatic rings. The van der Waals surface area contributed by atoms with E-state index in [9.17, 15) is 13.2 Å². The van der Waals surface area contributed by atoms with Crippen molar-refractivity contribution < 1.29 is 17.9 Å². The number of carbonyl (C=O) groups excluding carboxylic acids is 1. The molecule has 1 N–H and O–H groups in total. The van der Waals surface area contributed by atoms with Crippen molar-refractivity contribution in [3.05, 3.63) is 54.1 Å². The Morgan fingerprint density at radius 2 is 1.89 bits per heavy atom. The molecule has 0 unspecified atom stereocenters. The average Bonchev–Trinajstić information content (AvgIpc) is 3.11. The van der Waals surface area contributed by atoms with Gasteiger partial charge in [-0.15, -0.1) is 0 Å². The molecule has 2 aromatic carbocycles. The van der Waals surface area contributed by atoms with Crippen molar-refractivity contribution in [2.24, 2.45) is 0 Å². The molecule has 3 aromatic rings. The van der Waals surface area contributed by atoms with E-state index in [1.54, 1.807) is 12.1 Å². The fourth-order valence-corrected chi connectivity index (χ4v) is 5.14. The number of para-hydroxylation sites is 1. The quantitative estimate of drug-likeness (QED) is 0.723. The molecule has 1 aromatic heterocycles. The van der Waals surface area contributed by atoms with Gasteiger partial charge in [-0.05, 0) is 30.3 Å². The molecule has 140 valence electrons. The molecule has 2 heterocycles. The number of carbonyl (C=O) groups is 1. The smallest absolute Gasteiger partial charge is 0.257 e. The van der Waals surface area contributed by atoms with Gasteiger partial charge in [-0.3, -0.25) is 10.1 Å². The Morgan fingerprint density at radius 1 is 1.11 bits per heavy atom. The summed E-state index contributed by atoms with van der Waals surface area (Å²) in [5.41, 5.74) is 1.07. The number of ether oxygens (including phenoxy) is 1. The van der Waals surface area contributed by atoms with E-state index < -0.39 is 15.9 Å². The number of hydrogen-bond acceptors (Lipinski definition) is 6. The molecule has 9 heteroatoms. The molecular weight excluding hydrogens is 386 g/mol. The maximum absolute atomic E-state index is 12.8. The van der Waals surface area contributed by atoms with Gasteiger partial charge in [0.05, 0.1) is 28.3 Å². The highest BCUT2D eigenvalue weighted by atomic mass is 32.2. The largest absolute Gasteiger partial charge is 0.379 e. The van der Waals surface area contributed by atoms with Crippen LogP contribution in [0.3, 0.4) is 0 Å². The number of amides is 1. The molecular formula is C18H17N3O4S2. The fourth-order valence-electron chi connectivity index (χ4n) is 2.83. The molecule has 1 fully saturated rings. The molecule has 0 radical (unpaired) electrons. The summed E-state index contributed by atoms with van der Waals surface area (Å²) in [5, 5.41) is 3.22. The Morgan fingerprint density at radius 3 is 2.67 bits per heavy atom. The van der Waals surface area contributed by atoms with Crippen molar-refractivity contribution in [3.63, 3.8) is 0 Å². The van der Waals surface area contributed by atoms with Crippen LogP contribution in [0, 0.1) is 0 Å². The average molecular weight is 403 g/mol. The van der Waals surface area contributed by atoms with Crippen molar-refractivity contribution in [2.45, 2.75) is 4.90 Å². The van der Waals surface area contributed by atoms with Crippen molar-refractivity contribution in [1.82, 2.24) is 9.29 Å². The lowest BCUT2D eigenvalue weighted by Crippen LogP contribution is -2.40. The summed E-state index contributed by atoms with van der Waals surface area (Å²) in [6.07, 6.45) is 0. The second kappa shape index (κ2) is 7.35. The Labute approximate surface area is 160 Å². The first-order chi connectivity index (χ1) is 13.0. The molecule has 0 spiro atoms. The van der Waals surface area contributed by atoms with Gasteiger partial charge in [-0.2, -0.15) is 4.31 Å². The van der Waals surface area contributed by atoms with Gasteiger partial charge in [0.2, 0.25) is 10.0 Å². The number of fused-ring (bicyclic) bond motifs is 1. The van der Waals surface area contributed by atoms with Gasteiger partial charge in [0.15, 0.2) is 5.13 Å². The topological polar surface area (TPSA) is 88.6 Å². The van der Waals surface area contributed by atoms with E-state index in [0.29, 0.717) is 31.4 Å². The summed E-state index contributed by atoms with van der Waals surface area (Å²) in [4.78, 5) is 17.0. The molecule has 0 aliphatic carbocycles. The first-order valence-electron chi connectivity index (χ1n) is 8.39. The van der Waals surface area contributed by atoms with Gasteiger partial charge in [-0.1, -0.05) is 29.5 Å². The lowest BCUT2D eigenvalue weighted by atomic mass is 10.2. The van der Waals surface area contributed by atoms with Crippen molar-refractivity contribution >= 4 is 42.6 Å². The number of nitrogens with one attached hydrogen (secondary N) is 1. The highest BCUT2D eigenvalue weighted by Gasteiger charge is 2.27. The fraction of sp³-hybridized carbons (Fsp3) is 0.222. The first kappa shape index (κ1) is 18.1. The van der Waals surface area contributed by atoms with Crippen LogP contribution in [-0.4, -0.2) is 49.9 Å². The van der Waals surface area contributed by atoms with Crippen LogP contribution in [0.5, 0.6) is 0 Å². The van der Waals surface area contributed by atoms with Gasteiger partial charge < -0.3 is 4.74 Å². The van der Waals surface area contributed by atoms with Crippen LogP contribution in [0.25, 0.3) is 10.2 Å². The molecule has 0 atom stereocenters. The van der Waals surface area contributed by atoms with Gasteiger partial charge in [0, 0.05) is 18.7 Å². The van der Waals surface area contributed by atoms with Crippen LogP contribution in [0.2, 0.25) is 0 Å². The van der Waals surface area contributed by atoms with Crippen molar-refractivity contribution in [3.8, 4) is 0 Å². The van der Waals surface area contributed by atoms with E-state index in [-0.39, 0.29) is 10.5 Å². The summed E-state index contributed by atoms with van der Waals surface area (Å²) in [7, 11) is -3.65. The highest BCUT2D eigenvalue weighted by Crippen LogP contribution is 2.26. The maximum Gasteiger partial charge on any atom is 0.257 e. The molecule has 4 rings (SSSR count). The minimum absolute atomic E-state index is 0.0985. The monoisotopic (exact) mass is 403 g/mol. The molecule has 1 amide bonds. The normalized spacial score (nSPS) is 15.7. The maximum atomic E-state index is 12.8. The Balaban J connectivity index is 1.57. The zero-order chi connectivity index (χ0) is 18.9. The number of anilines is 1. The molecule has 27 heavy (non-hydrogen) atoms. The Bertz CT molecular complexity index is 1060. The van der Waals surface area contributed by atoms with E-state index in [1.807, 2.05) is 24.3 Å². The minimum Gasteiger partial charge on any atom is -0.379 e. The van der Waals surface area contributed by atoms with Crippen LogP contribution in [0.1, 0.15) is 10.4 Å². The first-order valence-corrected chi connectivity index (χ1v) is 10.6. The van der Waals surface area contributed by atoms with Gasteiger partial charge in [0.1, 0.15) is 0 Å². The number of hydrogen-bond donors (Lipinski definition) is 1. The van der Waals surface area contributed by atoms with E-state index in [0.717, 1.165) is 10.2 Å².